The fraction of sp³-hybridized carbons (Fsp3) is 0.367. The van der Waals surface area contributed by atoms with Crippen molar-refractivity contribution in [3.8, 4) is 22.8 Å². The summed E-state index contributed by atoms with van der Waals surface area (Å²) in [4.78, 5) is 2.52. The molecular formula is C30H34N4O4S. The smallest absolute Gasteiger partial charge is 0.244 e. The highest BCUT2D eigenvalue weighted by Crippen LogP contribution is 2.42. The second-order valence-corrected chi connectivity index (χ2v) is 12.3. The van der Waals surface area contributed by atoms with Gasteiger partial charge in [-0.25, -0.2) is 13.1 Å². The van der Waals surface area contributed by atoms with Gasteiger partial charge < -0.3 is 9.47 Å². The molecule has 1 N–H and O–H groups in total. The minimum Gasteiger partial charge on any atom is -0.497 e. The molecule has 4 unspecified atom stereocenters. The molecule has 8 nitrogen and oxygen atoms in total. The van der Waals surface area contributed by atoms with Gasteiger partial charge in [-0.15, -0.1) is 0 Å². The highest BCUT2D eigenvalue weighted by atomic mass is 32.2. The molecule has 3 aliphatic heterocycles. The Bertz CT molecular complexity index is 1620. The zero-order valence-corrected chi connectivity index (χ0v) is 23.3. The van der Waals surface area contributed by atoms with Crippen molar-refractivity contribution >= 4 is 20.8 Å². The molecule has 3 aliphatic rings. The Balaban J connectivity index is 1.17. The van der Waals surface area contributed by atoms with Crippen LogP contribution in [0.4, 0.5) is 0 Å². The molecular weight excluding hydrogens is 512 g/mol. The summed E-state index contributed by atoms with van der Waals surface area (Å²) in [5.41, 5.74) is 3.36. The molecule has 9 heteroatoms. The van der Waals surface area contributed by atoms with Crippen LogP contribution in [-0.4, -0.2) is 63.0 Å². The number of piperidine rings is 3. The summed E-state index contributed by atoms with van der Waals surface area (Å²) < 4.78 is 41.8. The number of rotatable bonds is 8. The van der Waals surface area contributed by atoms with Gasteiger partial charge in [-0.2, -0.15) is 5.10 Å². The Morgan fingerprint density at radius 2 is 1.82 bits per heavy atom. The van der Waals surface area contributed by atoms with Gasteiger partial charge in [-0.3, -0.25) is 9.58 Å². The van der Waals surface area contributed by atoms with Crippen molar-refractivity contribution in [2.24, 2.45) is 13.0 Å². The fourth-order valence-electron chi connectivity index (χ4n) is 6.28. The van der Waals surface area contributed by atoms with Gasteiger partial charge in [0.15, 0.2) is 0 Å². The Hall–Kier alpha value is -3.40. The monoisotopic (exact) mass is 546 g/mol. The first-order valence-corrected chi connectivity index (χ1v) is 14.8. The molecule has 0 aliphatic carbocycles. The van der Waals surface area contributed by atoms with Crippen LogP contribution in [0, 0.1) is 5.92 Å². The van der Waals surface area contributed by atoms with Crippen LogP contribution in [0.25, 0.3) is 22.0 Å². The van der Waals surface area contributed by atoms with Crippen LogP contribution in [0.1, 0.15) is 24.5 Å². The third kappa shape index (κ3) is 4.90. The molecule has 3 aromatic carbocycles. The molecule has 39 heavy (non-hydrogen) atoms. The van der Waals surface area contributed by atoms with Crippen LogP contribution in [0.15, 0.2) is 71.6 Å². The maximum atomic E-state index is 13.2. The number of ether oxygens (including phenoxy) is 2. The van der Waals surface area contributed by atoms with Gasteiger partial charge >= 0.3 is 0 Å². The summed E-state index contributed by atoms with van der Waals surface area (Å²) in [6.45, 7) is 2.24. The van der Waals surface area contributed by atoms with Gasteiger partial charge in [0.25, 0.3) is 0 Å². The molecule has 0 spiro atoms. The normalized spacial score (nSPS) is 22.7. The maximum Gasteiger partial charge on any atom is 0.244 e. The van der Waals surface area contributed by atoms with E-state index in [9.17, 15) is 8.42 Å². The zero-order chi connectivity index (χ0) is 27.1. The number of methoxy groups -OCH3 is 2. The third-order valence-corrected chi connectivity index (χ3v) is 9.83. The first-order chi connectivity index (χ1) is 18.9. The van der Waals surface area contributed by atoms with Crippen molar-refractivity contribution in [3.05, 3.63) is 72.4 Å². The lowest BCUT2D eigenvalue weighted by molar-refractivity contribution is 0.0306. The van der Waals surface area contributed by atoms with Crippen molar-refractivity contribution in [3.63, 3.8) is 0 Å². The van der Waals surface area contributed by atoms with Crippen LogP contribution in [0.3, 0.4) is 0 Å². The van der Waals surface area contributed by atoms with Crippen molar-refractivity contribution < 1.29 is 17.9 Å². The average molecular weight is 547 g/mol. The second kappa shape index (κ2) is 10.3. The minimum atomic E-state index is -3.76. The first kappa shape index (κ1) is 25.9. The number of nitrogens with zero attached hydrogens (tertiary/aromatic N) is 3. The molecule has 4 aromatic rings. The van der Waals surface area contributed by atoms with Gasteiger partial charge in [0.1, 0.15) is 16.4 Å². The third-order valence-electron chi connectivity index (χ3n) is 8.39. The van der Waals surface area contributed by atoms with Gasteiger partial charge in [-0.05, 0) is 60.3 Å². The summed E-state index contributed by atoms with van der Waals surface area (Å²) in [6.07, 6.45) is 2.05. The van der Waals surface area contributed by atoms with E-state index in [4.69, 9.17) is 14.6 Å². The van der Waals surface area contributed by atoms with E-state index in [-0.39, 0.29) is 10.9 Å². The van der Waals surface area contributed by atoms with E-state index in [2.05, 4.69) is 58.2 Å². The number of hydrogen-bond acceptors (Lipinski definition) is 6. The predicted octanol–water partition coefficient (Wildman–Crippen LogP) is 4.41. The Kier molecular flexibility index (Phi) is 6.82. The van der Waals surface area contributed by atoms with E-state index >= 15 is 0 Å². The summed E-state index contributed by atoms with van der Waals surface area (Å²) in [5, 5.41) is 7.32. The van der Waals surface area contributed by atoms with E-state index in [0.29, 0.717) is 29.9 Å². The number of fused-ring (bicyclic) bond motifs is 4. The van der Waals surface area contributed by atoms with Crippen molar-refractivity contribution in [1.29, 1.82) is 0 Å². The van der Waals surface area contributed by atoms with Gasteiger partial charge in [-0.1, -0.05) is 36.4 Å². The Morgan fingerprint density at radius 1 is 1.00 bits per heavy atom. The molecule has 4 heterocycles. The van der Waals surface area contributed by atoms with E-state index in [0.717, 1.165) is 37.2 Å². The standard InChI is InChI=1S/C30H34N4O4S/c1-33-28(17-27(32-33)23-9-8-20-6-4-5-7-21(20)14-23)26-19-34-13-12-22(26)15-24(34)18-31-39(35,36)30-16-25(37-2)10-11-29(30)38-3/h4-11,14,16-17,22,24,26,31H,12-13,15,18-19H2,1-3H3. The first-order valence-electron chi connectivity index (χ1n) is 13.3. The number of hydrogen-bond donors (Lipinski definition) is 1. The Morgan fingerprint density at radius 3 is 2.56 bits per heavy atom. The van der Waals surface area contributed by atoms with Crippen LogP contribution in [0.5, 0.6) is 11.5 Å². The summed E-state index contributed by atoms with van der Waals surface area (Å²) in [5.74, 6) is 1.62. The molecule has 7 rings (SSSR count). The molecule has 4 atom stereocenters. The van der Waals surface area contributed by atoms with Crippen LogP contribution in [-0.2, 0) is 17.1 Å². The van der Waals surface area contributed by atoms with Gasteiger partial charge in [0, 0.05) is 49.4 Å². The topological polar surface area (TPSA) is 85.7 Å². The van der Waals surface area contributed by atoms with E-state index in [1.54, 1.807) is 12.1 Å². The van der Waals surface area contributed by atoms with Crippen molar-refractivity contribution in [2.75, 3.05) is 33.9 Å². The number of nitrogens with one attached hydrogen (secondary N) is 1. The van der Waals surface area contributed by atoms with E-state index in [1.807, 2.05) is 11.7 Å². The number of aromatic nitrogens is 2. The summed E-state index contributed by atoms with van der Waals surface area (Å²) in [6, 6.07) is 22.1. The summed E-state index contributed by atoms with van der Waals surface area (Å²) >= 11 is 0. The molecule has 3 fully saturated rings. The van der Waals surface area contributed by atoms with Crippen LogP contribution >= 0.6 is 0 Å². The van der Waals surface area contributed by atoms with Gasteiger partial charge in [0.2, 0.25) is 10.0 Å². The van der Waals surface area contributed by atoms with Crippen LogP contribution < -0.4 is 14.2 Å². The van der Waals surface area contributed by atoms with Gasteiger partial charge in [0.05, 0.1) is 19.9 Å². The zero-order valence-electron chi connectivity index (χ0n) is 22.5. The largest absolute Gasteiger partial charge is 0.497 e. The second-order valence-electron chi connectivity index (χ2n) is 10.5. The molecule has 0 amide bonds. The highest BCUT2D eigenvalue weighted by Gasteiger charge is 2.42. The van der Waals surface area contributed by atoms with Crippen LogP contribution in [0.2, 0.25) is 0 Å². The SMILES string of the molecule is COc1ccc(OC)c(S(=O)(=O)NCC2CC3CCN2CC3c2cc(-c3ccc4ccccc4c3)nn2C)c1. The molecule has 204 valence electrons. The molecule has 0 saturated carbocycles. The molecule has 3 saturated heterocycles. The summed E-state index contributed by atoms with van der Waals surface area (Å²) in [7, 11) is 1.25. The molecule has 0 radical (unpaired) electrons. The average Bonchev–Trinajstić information content (AvgIpc) is 3.37. The number of aryl methyl sites for hydroxylation is 1. The van der Waals surface area contributed by atoms with Crippen molar-refractivity contribution in [2.45, 2.75) is 29.7 Å². The fourth-order valence-corrected chi connectivity index (χ4v) is 7.54. The number of benzene rings is 3. The minimum absolute atomic E-state index is 0.0919. The predicted molar refractivity (Wildman–Crippen MR) is 152 cm³/mol. The lowest BCUT2D eigenvalue weighted by Crippen LogP contribution is -2.56. The highest BCUT2D eigenvalue weighted by molar-refractivity contribution is 7.89. The lowest BCUT2D eigenvalue weighted by atomic mass is 9.74. The Labute approximate surface area is 229 Å². The van der Waals surface area contributed by atoms with E-state index in [1.165, 1.54) is 36.8 Å². The number of sulfonamides is 1. The lowest BCUT2D eigenvalue weighted by Gasteiger charge is -2.49. The van der Waals surface area contributed by atoms with E-state index < -0.39 is 10.0 Å². The van der Waals surface area contributed by atoms with Crippen molar-refractivity contribution in [1.82, 2.24) is 19.4 Å². The molecule has 2 bridgehead atoms. The quantitative estimate of drug-likeness (QED) is 0.352. The maximum absolute atomic E-state index is 13.2. The molecule has 1 aromatic heterocycles.